The second-order valence-corrected chi connectivity index (χ2v) is 6.92. The number of hydrogen-bond acceptors (Lipinski definition) is 5. The van der Waals surface area contributed by atoms with Gasteiger partial charge in [0.05, 0.1) is 26.4 Å². The molecule has 160 valence electrons. The summed E-state index contributed by atoms with van der Waals surface area (Å²) in [5, 5.41) is 0. The van der Waals surface area contributed by atoms with Crippen molar-refractivity contribution in [2.75, 3.05) is 20.8 Å². The Morgan fingerprint density at radius 3 is 2.00 bits per heavy atom. The standard InChI is InChI=1S/C26H26O5/c1-4-31-26(28)24(25(27)20-15-9-11-17-22(20)30-3)23(18-12-6-5-7-13-18)19-14-8-10-16-21(19)29-2/h5-17,23-24H,4H2,1-3H3. The Morgan fingerprint density at radius 1 is 0.774 bits per heavy atom. The minimum Gasteiger partial charge on any atom is -0.496 e. The van der Waals surface area contributed by atoms with Crippen molar-refractivity contribution < 1.29 is 23.8 Å². The number of para-hydroxylation sites is 2. The molecule has 2 atom stereocenters. The van der Waals surface area contributed by atoms with Gasteiger partial charge in [0.1, 0.15) is 17.4 Å². The van der Waals surface area contributed by atoms with Gasteiger partial charge in [0.2, 0.25) is 0 Å². The summed E-state index contributed by atoms with van der Waals surface area (Å²) in [4.78, 5) is 27.0. The lowest BCUT2D eigenvalue weighted by Crippen LogP contribution is -2.33. The number of carbonyl (C=O) groups is 2. The first-order valence-electron chi connectivity index (χ1n) is 10.1. The van der Waals surface area contributed by atoms with E-state index in [9.17, 15) is 9.59 Å². The maximum atomic E-state index is 13.8. The number of ether oxygens (including phenoxy) is 3. The fourth-order valence-corrected chi connectivity index (χ4v) is 3.78. The molecule has 0 aromatic heterocycles. The average Bonchev–Trinajstić information content (AvgIpc) is 2.82. The van der Waals surface area contributed by atoms with E-state index in [-0.39, 0.29) is 12.4 Å². The van der Waals surface area contributed by atoms with Crippen molar-refractivity contribution in [2.24, 2.45) is 5.92 Å². The zero-order valence-corrected chi connectivity index (χ0v) is 17.9. The van der Waals surface area contributed by atoms with Gasteiger partial charge in [-0.05, 0) is 30.7 Å². The molecular formula is C26H26O5. The van der Waals surface area contributed by atoms with E-state index in [0.717, 1.165) is 11.1 Å². The van der Waals surface area contributed by atoms with Crippen molar-refractivity contribution in [2.45, 2.75) is 12.8 Å². The van der Waals surface area contributed by atoms with Gasteiger partial charge in [-0.1, -0.05) is 60.7 Å². The Labute approximate surface area is 182 Å². The lowest BCUT2D eigenvalue weighted by molar-refractivity contribution is -0.146. The molecule has 3 aromatic carbocycles. The van der Waals surface area contributed by atoms with Crippen LogP contribution in [0.25, 0.3) is 0 Å². The second kappa shape index (κ2) is 10.4. The van der Waals surface area contributed by atoms with E-state index in [1.54, 1.807) is 38.3 Å². The van der Waals surface area contributed by atoms with E-state index < -0.39 is 17.8 Å². The molecule has 0 heterocycles. The van der Waals surface area contributed by atoms with Gasteiger partial charge in [-0.15, -0.1) is 0 Å². The molecule has 0 radical (unpaired) electrons. The van der Waals surface area contributed by atoms with Crippen LogP contribution in [0.5, 0.6) is 11.5 Å². The summed E-state index contributed by atoms with van der Waals surface area (Å²) >= 11 is 0. The third-order valence-electron chi connectivity index (χ3n) is 5.16. The van der Waals surface area contributed by atoms with Crippen molar-refractivity contribution in [1.29, 1.82) is 0 Å². The Hall–Kier alpha value is -3.60. The quantitative estimate of drug-likeness (QED) is 0.281. The minimum absolute atomic E-state index is 0.169. The summed E-state index contributed by atoms with van der Waals surface area (Å²) in [6.07, 6.45) is 0. The predicted octanol–water partition coefficient (Wildman–Crippen LogP) is 4.90. The van der Waals surface area contributed by atoms with Crippen LogP contribution in [0.4, 0.5) is 0 Å². The summed E-state index contributed by atoms with van der Waals surface area (Å²) in [6.45, 7) is 1.89. The lowest BCUT2D eigenvalue weighted by atomic mass is 9.76. The van der Waals surface area contributed by atoms with Gasteiger partial charge < -0.3 is 14.2 Å². The Bertz CT molecular complexity index is 1030. The number of benzene rings is 3. The number of esters is 1. The molecule has 0 aliphatic heterocycles. The van der Waals surface area contributed by atoms with E-state index in [1.165, 1.54) is 7.11 Å². The molecule has 5 nitrogen and oxygen atoms in total. The first kappa shape index (κ1) is 22.1. The van der Waals surface area contributed by atoms with Crippen LogP contribution in [0.15, 0.2) is 78.9 Å². The van der Waals surface area contributed by atoms with Gasteiger partial charge in [0, 0.05) is 11.5 Å². The molecule has 31 heavy (non-hydrogen) atoms. The first-order chi connectivity index (χ1) is 15.1. The average molecular weight is 418 g/mol. The van der Waals surface area contributed by atoms with Gasteiger partial charge in [0.25, 0.3) is 0 Å². The monoisotopic (exact) mass is 418 g/mol. The number of carbonyl (C=O) groups excluding carboxylic acids is 2. The second-order valence-electron chi connectivity index (χ2n) is 6.92. The molecule has 0 aliphatic rings. The third kappa shape index (κ3) is 4.77. The largest absolute Gasteiger partial charge is 0.496 e. The van der Waals surface area contributed by atoms with Crippen molar-refractivity contribution >= 4 is 11.8 Å². The molecule has 0 saturated carbocycles. The fraction of sp³-hybridized carbons (Fsp3) is 0.231. The Balaban J connectivity index is 2.23. The van der Waals surface area contributed by atoms with Gasteiger partial charge in [-0.3, -0.25) is 9.59 Å². The van der Waals surface area contributed by atoms with E-state index in [0.29, 0.717) is 17.1 Å². The molecular weight excluding hydrogens is 392 g/mol. The molecule has 0 fully saturated rings. The lowest BCUT2D eigenvalue weighted by Gasteiger charge is -2.27. The molecule has 3 rings (SSSR count). The van der Waals surface area contributed by atoms with Crippen molar-refractivity contribution in [3.8, 4) is 11.5 Å². The first-order valence-corrected chi connectivity index (χ1v) is 10.1. The maximum Gasteiger partial charge on any atom is 0.317 e. The number of methoxy groups -OCH3 is 2. The zero-order chi connectivity index (χ0) is 22.2. The number of ketones is 1. The van der Waals surface area contributed by atoms with E-state index in [1.807, 2.05) is 54.6 Å². The van der Waals surface area contributed by atoms with E-state index >= 15 is 0 Å². The smallest absolute Gasteiger partial charge is 0.317 e. The highest BCUT2D eigenvalue weighted by Crippen LogP contribution is 2.40. The predicted molar refractivity (Wildman–Crippen MR) is 119 cm³/mol. The Kier molecular flexibility index (Phi) is 7.44. The van der Waals surface area contributed by atoms with Crippen LogP contribution in [0, 0.1) is 5.92 Å². The summed E-state index contributed by atoms with van der Waals surface area (Å²) < 4.78 is 16.4. The van der Waals surface area contributed by atoms with Crippen LogP contribution in [-0.2, 0) is 9.53 Å². The minimum atomic E-state index is -1.12. The van der Waals surface area contributed by atoms with E-state index in [4.69, 9.17) is 14.2 Å². The van der Waals surface area contributed by atoms with Crippen molar-refractivity contribution in [1.82, 2.24) is 0 Å². The summed E-state index contributed by atoms with van der Waals surface area (Å²) in [5.74, 6) is -1.66. The van der Waals surface area contributed by atoms with Crippen LogP contribution in [0.2, 0.25) is 0 Å². The van der Waals surface area contributed by atoms with Crippen LogP contribution >= 0.6 is 0 Å². The zero-order valence-electron chi connectivity index (χ0n) is 17.9. The molecule has 5 heteroatoms. The van der Waals surface area contributed by atoms with Crippen LogP contribution in [-0.4, -0.2) is 32.6 Å². The summed E-state index contributed by atoms with van der Waals surface area (Å²) in [6, 6.07) is 23.8. The van der Waals surface area contributed by atoms with E-state index in [2.05, 4.69) is 0 Å². The highest BCUT2D eigenvalue weighted by Gasteiger charge is 2.40. The molecule has 3 aromatic rings. The molecule has 0 amide bonds. The number of hydrogen-bond donors (Lipinski definition) is 0. The van der Waals surface area contributed by atoms with Crippen LogP contribution in [0.3, 0.4) is 0 Å². The summed E-state index contributed by atoms with van der Waals surface area (Å²) in [5.41, 5.74) is 1.88. The Morgan fingerprint density at radius 2 is 1.35 bits per heavy atom. The van der Waals surface area contributed by atoms with Crippen molar-refractivity contribution in [3.05, 3.63) is 95.6 Å². The summed E-state index contributed by atoms with van der Waals surface area (Å²) in [7, 11) is 3.07. The molecule has 2 unspecified atom stereocenters. The topological polar surface area (TPSA) is 61.8 Å². The molecule has 0 spiro atoms. The van der Waals surface area contributed by atoms with Crippen LogP contribution < -0.4 is 9.47 Å². The SMILES string of the molecule is CCOC(=O)C(C(=O)c1ccccc1OC)C(c1ccccc1)c1ccccc1OC. The van der Waals surface area contributed by atoms with Gasteiger partial charge in [-0.2, -0.15) is 0 Å². The maximum absolute atomic E-state index is 13.8. The van der Waals surface area contributed by atoms with Crippen LogP contribution in [0.1, 0.15) is 34.3 Å². The number of rotatable bonds is 9. The normalized spacial score (nSPS) is 12.5. The van der Waals surface area contributed by atoms with Gasteiger partial charge in [0.15, 0.2) is 5.78 Å². The molecule has 0 bridgehead atoms. The molecule has 0 N–H and O–H groups in total. The highest BCUT2D eigenvalue weighted by molar-refractivity contribution is 6.11. The highest BCUT2D eigenvalue weighted by atomic mass is 16.5. The molecule has 0 aliphatic carbocycles. The third-order valence-corrected chi connectivity index (χ3v) is 5.16. The van der Waals surface area contributed by atoms with Gasteiger partial charge in [-0.25, -0.2) is 0 Å². The number of Topliss-reactive ketones (excluding diaryl/α,β-unsaturated/α-hetero) is 1. The van der Waals surface area contributed by atoms with Gasteiger partial charge >= 0.3 is 5.97 Å². The fourth-order valence-electron chi connectivity index (χ4n) is 3.78. The van der Waals surface area contributed by atoms with Crippen molar-refractivity contribution in [3.63, 3.8) is 0 Å². The molecule has 0 saturated heterocycles.